The Labute approximate surface area is 145 Å². The smallest absolute Gasteiger partial charge is 0.355 e. The fourth-order valence-corrected chi connectivity index (χ4v) is 1.98. The number of aromatic amines is 1. The van der Waals surface area contributed by atoms with E-state index in [-0.39, 0.29) is 5.91 Å². The molecule has 3 N–H and O–H groups in total. The Morgan fingerprint density at radius 1 is 1.15 bits per heavy atom. The lowest BCUT2D eigenvalue weighted by atomic mass is 10.1. The molecule has 0 atom stereocenters. The average molecular weight is 365 g/mol. The van der Waals surface area contributed by atoms with Crippen LogP contribution in [0.2, 0.25) is 0 Å². The molecule has 0 bridgehead atoms. The van der Waals surface area contributed by atoms with E-state index in [0.717, 1.165) is 6.08 Å². The molecule has 0 aliphatic carbocycles. The predicted molar refractivity (Wildman–Crippen MR) is 89.6 cm³/mol. The number of hydrogen-bond donors (Lipinski definition) is 3. The molecule has 6 nitrogen and oxygen atoms in total. The van der Waals surface area contributed by atoms with Crippen LogP contribution in [-0.2, 0) is 11.0 Å². The Hall–Kier alpha value is -3.36. The number of carbonyl (C=O) groups excluding carboxylic acids is 2. The number of hydrogen-bond acceptors (Lipinski definition) is 3. The highest BCUT2D eigenvalue weighted by Crippen LogP contribution is 2.29. The summed E-state index contributed by atoms with van der Waals surface area (Å²) in [7, 11) is 1.50. The predicted octanol–water partition coefficient (Wildman–Crippen LogP) is 2.41. The number of benzene rings is 1. The number of nitrogens with one attached hydrogen (secondary N) is 3. The second kappa shape index (κ2) is 7.68. The van der Waals surface area contributed by atoms with Crippen molar-refractivity contribution in [3.8, 4) is 0 Å². The van der Waals surface area contributed by atoms with E-state index in [1.54, 1.807) is 24.3 Å². The van der Waals surface area contributed by atoms with E-state index >= 15 is 0 Å². The highest BCUT2D eigenvalue weighted by molar-refractivity contribution is 6.02. The molecule has 1 aromatic heterocycles. The van der Waals surface area contributed by atoms with Crippen LogP contribution in [0.25, 0.3) is 6.08 Å². The van der Waals surface area contributed by atoms with Crippen molar-refractivity contribution < 1.29 is 22.8 Å². The Morgan fingerprint density at radius 2 is 1.81 bits per heavy atom. The Bertz CT molecular complexity index is 900. The number of H-pyrrole nitrogens is 1. The van der Waals surface area contributed by atoms with Gasteiger partial charge in [-0.3, -0.25) is 14.4 Å². The molecule has 2 amide bonds. The van der Waals surface area contributed by atoms with E-state index in [2.05, 4.69) is 10.6 Å². The van der Waals surface area contributed by atoms with Crippen LogP contribution < -0.4 is 16.2 Å². The topological polar surface area (TPSA) is 91.1 Å². The van der Waals surface area contributed by atoms with Crippen LogP contribution in [0.3, 0.4) is 0 Å². The maximum absolute atomic E-state index is 12.6. The highest BCUT2D eigenvalue weighted by atomic mass is 19.4. The lowest BCUT2D eigenvalue weighted by Crippen LogP contribution is -2.20. The second-order valence-electron chi connectivity index (χ2n) is 5.15. The maximum atomic E-state index is 12.6. The van der Waals surface area contributed by atoms with Gasteiger partial charge in [-0.15, -0.1) is 0 Å². The molecule has 0 radical (unpaired) electrons. The first-order valence-corrected chi connectivity index (χ1v) is 7.32. The third-order valence-corrected chi connectivity index (χ3v) is 3.32. The number of aromatic nitrogens is 1. The van der Waals surface area contributed by atoms with Gasteiger partial charge in [-0.2, -0.15) is 13.2 Å². The molecule has 0 spiro atoms. The molecular formula is C17H14F3N3O3. The van der Waals surface area contributed by atoms with E-state index in [1.807, 2.05) is 4.98 Å². The molecule has 0 saturated heterocycles. The summed E-state index contributed by atoms with van der Waals surface area (Å²) < 4.78 is 37.9. The molecule has 26 heavy (non-hydrogen) atoms. The van der Waals surface area contributed by atoms with E-state index in [4.69, 9.17) is 0 Å². The Balaban J connectivity index is 2.10. The zero-order valence-corrected chi connectivity index (χ0v) is 13.5. The minimum atomic E-state index is -4.65. The van der Waals surface area contributed by atoms with Crippen LogP contribution in [0.15, 0.2) is 47.4 Å². The molecule has 9 heteroatoms. The quantitative estimate of drug-likeness (QED) is 0.727. The standard InChI is InChI=1S/C17H14F3N3O3/c1-21-15(25)11-5-2-10(3-6-11)4-7-14(24)23-13-8-12(17(18,19)20)9-22-16(13)26/h2-9H,1H3,(H,21,25)(H,22,26)(H,23,24)/b7-4+. The number of anilines is 1. The van der Waals surface area contributed by atoms with E-state index in [0.29, 0.717) is 23.4 Å². The molecule has 0 aliphatic rings. The monoisotopic (exact) mass is 365 g/mol. The van der Waals surface area contributed by atoms with Crippen molar-refractivity contribution in [1.29, 1.82) is 0 Å². The van der Waals surface area contributed by atoms with Gasteiger partial charge in [-0.1, -0.05) is 12.1 Å². The van der Waals surface area contributed by atoms with Crippen LogP contribution in [0.1, 0.15) is 21.5 Å². The van der Waals surface area contributed by atoms with Gasteiger partial charge in [-0.25, -0.2) is 0 Å². The Kier molecular flexibility index (Phi) is 5.61. The molecule has 2 rings (SSSR count). The number of carbonyl (C=O) groups is 2. The summed E-state index contributed by atoms with van der Waals surface area (Å²) in [5, 5.41) is 4.56. The summed E-state index contributed by atoms with van der Waals surface area (Å²) in [6.45, 7) is 0. The summed E-state index contributed by atoms with van der Waals surface area (Å²) in [4.78, 5) is 36.7. The fourth-order valence-electron chi connectivity index (χ4n) is 1.98. The number of amides is 2. The van der Waals surface area contributed by atoms with Crippen LogP contribution in [0.5, 0.6) is 0 Å². The first-order valence-electron chi connectivity index (χ1n) is 7.32. The molecule has 0 unspecified atom stereocenters. The summed E-state index contributed by atoms with van der Waals surface area (Å²) >= 11 is 0. The van der Waals surface area contributed by atoms with Crippen LogP contribution in [0.4, 0.5) is 18.9 Å². The van der Waals surface area contributed by atoms with Crippen molar-refractivity contribution >= 4 is 23.6 Å². The van der Waals surface area contributed by atoms with Gasteiger partial charge < -0.3 is 15.6 Å². The molecule has 136 valence electrons. The fraction of sp³-hybridized carbons (Fsp3) is 0.118. The Morgan fingerprint density at radius 3 is 2.38 bits per heavy atom. The zero-order chi connectivity index (χ0) is 19.3. The van der Waals surface area contributed by atoms with Gasteiger partial charge in [0.25, 0.3) is 11.5 Å². The van der Waals surface area contributed by atoms with Gasteiger partial charge in [0, 0.05) is 24.9 Å². The number of pyridine rings is 1. The lowest BCUT2D eigenvalue weighted by molar-refractivity contribution is -0.137. The number of alkyl halides is 3. The first-order chi connectivity index (χ1) is 12.2. The van der Waals surface area contributed by atoms with Crippen molar-refractivity contribution in [2.45, 2.75) is 6.18 Å². The lowest BCUT2D eigenvalue weighted by Gasteiger charge is -2.08. The minimum Gasteiger partial charge on any atom is -0.355 e. The summed E-state index contributed by atoms with van der Waals surface area (Å²) in [5.74, 6) is -1.03. The SMILES string of the molecule is CNC(=O)c1ccc(/C=C/C(=O)Nc2cc(C(F)(F)F)c[nH]c2=O)cc1. The van der Waals surface area contributed by atoms with E-state index in [9.17, 15) is 27.6 Å². The minimum absolute atomic E-state index is 0.262. The first kappa shape index (κ1) is 19.0. The van der Waals surface area contributed by atoms with Gasteiger partial charge in [0.05, 0.1) is 5.56 Å². The van der Waals surface area contributed by atoms with E-state index in [1.165, 1.54) is 13.1 Å². The van der Waals surface area contributed by atoms with Crippen LogP contribution in [0, 0.1) is 0 Å². The molecule has 2 aromatic rings. The molecule has 0 saturated carbocycles. The van der Waals surface area contributed by atoms with Crippen molar-refractivity contribution in [2.75, 3.05) is 12.4 Å². The summed E-state index contributed by atoms with van der Waals surface area (Å²) in [6.07, 6.45) is -1.66. The van der Waals surface area contributed by atoms with Gasteiger partial charge in [0.2, 0.25) is 5.91 Å². The van der Waals surface area contributed by atoms with Gasteiger partial charge in [0.15, 0.2) is 0 Å². The third-order valence-electron chi connectivity index (χ3n) is 3.32. The second-order valence-corrected chi connectivity index (χ2v) is 5.15. The average Bonchev–Trinajstić information content (AvgIpc) is 2.60. The molecular weight excluding hydrogens is 351 g/mol. The molecule has 0 aliphatic heterocycles. The number of halogens is 3. The van der Waals surface area contributed by atoms with Crippen molar-refractivity contribution in [2.24, 2.45) is 0 Å². The third kappa shape index (κ3) is 4.82. The molecule has 0 fully saturated rings. The highest BCUT2D eigenvalue weighted by Gasteiger charge is 2.31. The largest absolute Gasteiger partial charge is 0.417 e. The maximum Gasteiger partial charge on any atom is 0.417 e. The number of rotatable bonds is 4. The van der Waals surface area contributed by atoms with Crippen molar-refractivity contribution in [3.63, 3.8) is 0 Å². The molecule has 1 aromatic carbocycles. The zero-order valence-electron chi connectivity index (χ0n) is 13.5. The van der Waals surface area contributed by atoms with Gasteiger partial charge >= 0.3 is 6.18 Å². The normalized spacial score (nSPS) is 11.4. The van der Waals surface area contributed by atoms with Gasteiger partial charge in [0.1, 0.15) is 5.69 Å². The summed E-state index contributed by atoms with van der Waals surface area (Å²) in [6, 6.07) is 6.83. The van der Waals surface area contributed by atoms with Crippen molar-refractivity contribution in [3.05, 3.63) is 69.6 Å². The molecule has 1 heterocycles. The van der Waals surface area contributed by atoms with Crippen LogP contribution >= 0.6 is 0 Å². The van der Waals surface area contributed by atoms with Crippen LogP contribution in [-0.4, -0.2) is 23.8 Å². The van der Waals surface area contributed by atoms with E-state index < -0.39 is 28.9 Å². The van der Waals surface area contributed by atoms with Crippen molar-refractivity contribution in [1.82, 2.24) is 10.3 Å². The van der Waals surface area contributed by atoms with Gasteiger partial charge in [-0.05, 0) is 29.8 Å². The summed E-state index contributed by atoms with van der Waals surface area (Å²) in [5.41, 5.74) is -1.42.